The molecule has 0 radical (unpaired) electrons. The Bertz CT molecular complexity index is 275. The van der Waals surface area contributed by atoms with Crippen molar-refractivity contribution in [1.82, 2.24) is 0 Å². The van der Waals surface area contributed by atoms with Gasteiger partial charge in [0.15, 0.2) is 0 Å². The molecule has 2 atom stereocenters. The molecule has 2 aliphatic carbocycles. The zero-order valence-corrected chi connectivity index (χ0v) is 13.0. The highest BCUT2D eigenvalue weighted by Gasteiger charge is 2.35. The van der Waals surface area contributed by atoms with Crippen LogP contribution in [-0.2, 0) is 4.79 Å². The maximum absolute atomic E-state index is 12.4. The number of hydrogen-bond donors (Lipinski definition) is 0. The Labute approximate surface area is 119 Å². The third-order valence-corrected chi connectivity index (χ3v) is 5.64. The molecule has 0 aliphatic heterocycles. The van der Waals surface area contributed by atoms with E-state index in [1.165, 1.54) is 64.2 Å². The van der Waals surface area contributed by atoms with E-state index in [2.05, 4.69) is 13.8 Å². The molecule has 110 valence electrons. The first kappa shape index (κ1) is 15.1. The molecule has 2 fully saturated rings. The van der Waals surface area contributed by atoms with Crippen LogP contribution in [-0.4, -0.2) is 5.78 Å². The summed E-state index contributed by atoms with van der Waals surface area (Å²) in [5, 5.41) is 0. The van der Waals surface area contributed by atoms with Crippen LogP contribution in [0.5, 0.6) is 0 Å². The van der Waals surface area contributed by atoms with Gasteiger partial charge in [-0.15, -0.1) is 0 Å². The lowest BCUT2D eigenvalue weighted by Gasteiger charge is -2.36. The number of carbonyl (C=O) groups excluding carboxylic acids is 1. The standard InChI is InChI=1S/C18H32O/c1-3-5-14-7-10-16(11-8-14)17-12-9-15(6-4-2)13-18(17)19/h14-17H,3-13H2,1-2H3. The molecule has 19 heavy (non-hydrogen) atoms. The lowest BCUT2D eigenvalue weighted by atomic mass is 9.67. The minimum absolute atomic E-state index is 0.440. The molecule has 0 amide bonds. The van der Waals surface area contributed by atoms with E-state index in [-0.39, 0.29) is 0 Å². The second kappa shape index (κ2) is 7.45. The molecule has 2 saturated carbocycles. The molecule has 0 spiro atoms. The summed E-state index contributed by atoms with van der Waals surface area (Å²) in [6.45, 7) is 4.54. The van der Waals surface area contributed by atoms with Gasteiger partial charge >= 0.3 is 0 Å². The minimum Gasteiger partial charge on any atom is -0.299 e. The summed E-state index contributed by atoms with van der Waals surface area (Å²) in [5.74, 6) is 3.47. The zero-order chi connectivity index (χ0) is 13.7. The van der Waals surface area contributed by atoms with Gasteiger partial charge in [0, 0.05) is 12.3 Å². The molecular formula is C18H32O. The van der Waals surface area contributed by atoms with Gasteiger partial charge in [-0.1, -0.05) is 52.4 Å². The van der Waals surface area contributed by atoms with Gasteiger partial charge in [-0.25, -0.2) is 0 Å². The molecule has 1 heteroatoms. The fourth-order valence-electron chi connectivity index (χ4n) is 4.55. The van der Waals surface area contributed by atoms with Crippen molar-refractivity contribution in [1.29, 1.82) is 0 Å². The molecule has 0 heterocycles. The van der Waals surface area contributed by atoms with Gasteiger partial charge in [-0.2, -0.15) is 0 Å². The summed E-state index contributed by atoms with van der Waals surface area (Å²) in [6.07, 6.45) is 14.1. The molecule has 0 aromatic carbocycles. The summed E-state index contributed by atoms with van der Waals surface area (Å²) >= 11 is 0. The quantitative estimate of drug-likeness (QED) is 0.651. The lowest BCUT2D eigenvalue weighted by Crippen LogP contribution is -2.32. The summed E-state index contributed by atoms with van der Waals surface area (Å²) in [7, 11) is 0. The Morgan fingerprint density at radius 3 is 2.00 bits per heavy atom. The summed E-state index contributed by atoms with van der Waals surface area (Å²) in [6, 6.07) is 0. The van der Waals surface area contributed by atoms with Gasteiger partial charge in [0.25, 0.3) is 0 Å². The Balaban J connectivity index is 1.79. The smallest absolute Gasteiger partial charge is 0.136 e. The van der Waals surface area contributed by atoms with E-state index >= 15 is 0 Å². The molecule has 2 aliphatic rings. The van der Waals surface area contributed by atoms with Gasteiger partial charge in [0.1, 0.15) is 5.78 Å². The van der Waals surface area contributed by atoms with Crippen molar-refractivity contribution in [3.63, 3.8) is 0 Å². The van der Waals surface area contributed by atoms with Crippen LogP contribution in [0, 0.1) is 23.7 Å². The van der Waals surface area contributed by atoms with E-state index < -0.39 is 0 Å². The number of carbonyl (C=O) groups is 1. The van der Waals surface area contributed by atoms with Crippen LogP contribution in [0.25, 0.3) is 0 Å². The third-order valence-electron chi connectivity index (χ3n) is 5.64. The van der Waals surface area contributed by atoms with E-state index in [1.807, 2.05) is 0 Å². The maximum Gasteiger partial charge on any atom is 0.136 e. The second-order valence-electron chi connectivity index (χ2n) is 7.08. The highest BCUT2D eigenvalue weighted by atomic mass is 16.1. The van der Waals surface area contributed by atoms with Crippen LogP contribution in [0.1, 0.15) is 84.5 Å². The number of Topliss-reactive ketones (excluding diaryl/α,β-unsaturated/α-hetero) is 1. The van der Waals surface area contributed by atoms with Crippen LogP contribution >= 0.6 is 0 Å². The molecule has 0 aromatic rings. The van der Waals surface area contributed by atoms with Crippen LogP contribution in [0.2, 0.25) is 0 Å². The molecule has 1 nitrogen and oxygen atoms in total. The average molecular weight is 264 g/mol. The van der Waals surface area contributed by atoms with E-state index in [9.17, 15) is 4.79 Å². The summed E-state index contributed by atoms with van der Waals surface area (Å²) < 4.78 is 0. The average Bonchev–Trinajstić information content (AvgIpc) is 2.41. The minimum atomic E-state index is 0.440. The van der Waals surface area contributed by atoms with Crippen LogP contribution in [0.15, 0.2) is 0 Å². The van der Waals surface area contributed by atoms with Gasteiger partial charge in [0.05, 0.1) is 0 Å². The zero-order valence-electron chi connectivity index (χ0n) is 13.0. The van der Waals surface area contributed by atoms with E-state index in [0.29, 0.717) is 17.6 Å². The van der Waals surface area contributed by atoms with Crippen LogP contribution in [0.3, 0.4) is 0 Å². The highest BCUT2D eigenvalue weighted by Crippen LogP contribution is 2.41. The van der Waals surface area contributed by atoms with Crippen molar-refractivity contribution < 1.29 is 4.79 Å². The Morgan fingerprint density at radius 1 is 0.842 bits per heavy atom. The van der Waals surface area contributed by atoms with Crippen LogP contribution < -0.4 is 0 Å². The fourth-order valence-corrected chi connectivity index (χ4v) is 4.55. The molecule has 2 unspecified atom stereocenters. The number of ketones is 1. The first-order chi connectivity index (χ1) is 9.24. The second-order valence-corrected chi connectivity index (χ2v) is 7.08. The molecule has 0 aromatic heterocycles. The summed E-state index contributed by atoms with van der Waals surface area (Å²) in [5.41, 5.74) is 0. The maximum atomic E-state index is 12.4. The van der Waals surface area contributed by atoms with Gasteiger partial charge < -0.3 is 0 Å². The van der Waals surface area contributed by atoms with Gasteiger partial charge in [0.2, 0.25) is 0 Å². The molecular weight excluding hydrogens is 232 g/mol. The topological polar surface area (TPSA) is 17.1 Å². The first-order valence-electron chi connectivity index (χ1n) is 8.77. The van der Waals surface area contributed by atoms with Crippen molar-refractivity contribution in [2.75, 3.05) is 0 Å². The normalized spacial score (nSPS) is 36.4. The monoisotopic (exact) mass is 264 g/mol. The Hall–Kier alpha value is -0.330. The van der Waals surface area contributed by atoms with E-state index in [1.54, 1.807) is 0 Å². The van der Waals surface area contributed by atoms with Crippen molar-refractivity contribution in [3.8, 4) is 0 Å². The largest absolute Gasteiger partial charge is 0.299 e. The Morgan fingerprint density at radius 2 is 1.42 bits per heavy atom. The van der Waals surface area contributed by atoms with Crippen molar-refractivity contribution in [3.05, 3.63) is 0 Å². The van der Waals surface area contributed by atoms with Crippen LogP contribution in [0.4, 0.5) is 0 Å². The number of hydrogen-bond acceptors (Lipinski definition) is 1. The molecule has 0 bridgehead atoms. The highest BCUT2D eigenvalue weighted by molar-refractivity contribution is 5.82. The van der Waals surface area contributed by atoms with Crippen molar-refractivity contribution >= 4 is 5.78 Å². The molecule has 0 N–H and O–H groups in total. The van der Waals surface area contributed by atoms with E-state index in [0.717, 1.165) is 18.3 Å². The van der Waals surface area contributed by atoms with Gasteiger partial charge in [-0.3, -0.25) is 4.79 Å². The molecule has 2 rings (SSSR count). The van der Waals surface area contributed by atoms with Crippen molar-refractivity contribution in [2.24, 2.45) is 23.7 Å². The molecule has 0 saturated heterocycles. The van der Waals surface area contributed by atoms with Crippen molar-refractivity contribution in [2.45, 2.75) is 84.5 Å². The summed E-state index contributed by atoms with van der Waals surface area (Å²) in [4.78, 5) is 12.4. The predicted octanol–water partition coefficient (Wildman–Crippen LogP) is 5.38. The van der Waals surface area contributed by atoms with Gasteiger partial charge in [-0.05, 0) is 43.4 Å². The Kier molecular flexibility index (Phi) is 5.91. The SMILES string of the molecule is CCCC1CCC(C2CCC(CCC)CC2=O)CC1. The first-order valence-corrected chi connectivity index (χ1v) is 8.77. The third kappa shape index (κ3) is 4.07. The predicted molar refractivity (Wildman–Crippen MR) is 81.1 cm³/mol. The fraction of sp³-hybridized carbons (Fsp3) is 0.944. The van der Waals surface area contributed by atoms with E-state index in [4.69, 9.17) is 0 Å². The number of rotatable bonds is 5. The lowest BCUT2D eigenvalue weighted by molar-refractivity contribution is -0.128.